The summed E-state index contributed by atoms with van der Waals surface area (Å²) in [5.41, 5.74) is 2.27. The summed E-state index contributed by atoms with van der Waals surface area (Å²) in [6, 6.07) is 14.4. The van der Waals surface area contributed by atoms with Crippen molar-refractivity contribution < 1.29 is 14.3 Å². The van der Waals surface area contributed by atoms with E-state index in [1.54, 1.807) is 37.4 Å². The van der Waals surface area contributed by atoms with Crippen molar-refractivity contribution in [2.24, 2.45) is 0 Å². The molecule has 1 N–H and O–H groups in total. The van der Waals surface area contributed by atoms with Gasteiger partial charge in [-0.3, -0.25) is 4.79 Å². The third-order valence-corrected chi connectivity index (χ3v) is 3.40. The normalized spacial score (nSPS) is 10.7. The van der Waals surface area contributed by atoms with Crippen LogP contribution < -0.4 is 14.8 Å². The van der Waals surface area contributed by atoms with E-state index in [4.69, 9.17) is 9.47 Å². The molecule has 122 valence electrons. The van der Waals surface area contributed by atoms with Gasteiger partial charge in [-0.1, -0.05) is 18.2 Å². The first kappa shape index (κ1) is 17.1. The summed E-state index contributed by atoms with van der Waals surface area (Å²) in [5.74, 6) is 0.764. The van der Waals surface area contributed by atoms with Crippen LogP contribution in [0.25, 0.3) is 6.08 Å². The molecule has 0 aliphatic rings. The molecule has 0 atom stereocenters. The Kier molecular flexibility index (Phi) is 5.58. The lowest BCUT2D eigenvalue weighted by Gasteiger charge is -2.10. The van der Waals surface area contributed by atoms with Gasteiger partial charge in [-0.15, -0.1) is 0 Å². The summed E-state index contributed by atoms with van der Waals surface area (Å²) >= 11 is 0. The molecule has 2 rings (SSSR count). The largest absolute Gasteiger partial charge is 0.497 e. The quantitative estimate of drug-likeness (QED) is 0.675. The summed E-state index contributed by atoms with van der Waals surface area (Å²) in [6.07, 6.45) is 1.52. The average molecular weight is 322 g/mol. The Morgan fingerprint density at radius 2 is 1.83 bits per heavy atom. The number of methoxy groups -OCH3 is 2. The van der Waals surface area contributed by atoms with Crippen LogP contribution in [0.3, 0.4) is 0 Å². The monoisotopic (exact) mass is 322 g/mol. The Labute approximate surface area is 141 Å². The van der Waals surface area contributed by atoms with E-state index in [1.165, 1.54) is 13.2 Å². The maximum atomic E-state index is 12.3. The van der Waals surface area contributed by atoms with Crippen molar-refractivity contribution in [3.8, 4) is 17.6 Å². The van der Waals surface area contributed by atoms with Gasteiger partial charge in [0, 0.05) is 0 Å². The number of anilines is 1. The molecule has 0 heterocycles. The van der Waals surface area contributed by atoms with Crippen LogP contribution in [0.4, 0.5) is 5.69 Å². The van der Waals surface area contributed by atoms with Crippen LogP contribution in [0.15, 0.2) is 48.0 Å². The number of nitriles is 1. The lowest BCUT2D eigenvalue weighted by Crippen LogP contribution is -2.14. The van der Waals surface area contributed by atoms with Gasteiger partial charge in [0.15, 0.2) is 0 Å². The number of nitrogens with one attached hydrogen (secondary N) is 1. The van der Waals surface area contributed by atoms with Crippen LogP contribution in [-0.2, 0) is 4.79 Å². The Balaban J connectivity index is 2.22. The second-order valence-electron chi connectivity index (χ2n) is 5.10. The van der Waals surface area contributed by atoms with E-state index >= 15 is 0 Å². The molecule has 0 fully saturated rings. The van der Waals surface area contributed by atoms with Gasteiger partial charge >= 0.3 is 0 Å². The van der Waals surface area contributed by atoms with E-state index in [9.17, 15) is 10.1 Å². The SMILES string of the molecule is COc1ccc(/C=C(/C#N)C(=O)Nc2ccc(C)cc2OC)cc1. The third-order valence-electron chi connectivity index (χ3n) is 3.40. The third kappa shape index (κ3) is 4.14. The van der Waals surface area contributed by atoms with Gasteiger partial charge in [0.05, 0.1) is 19.9 Å². The number of aryl methyl sites for hydroxylation is 1. The molecule has 1 amide bonds. The second-order valence-corrected chi connectivity index (χ2v) is 5.10. The topological polar surface area (TPSA) is 71.3 Å². The Morgan fingerprint density at radius 1 is 1.12 bits per heavy atom. The van der Waals surface area contributed by atoms with Crippen LogP contribution >= 0.6 is 0 Å². The van der Waals surface area contributed by atoms with Crippen molar-refractivity contribution in [3.05, 3.63) is 59.2 Å². The lowest BCUT2D eigenvalue weighted by atomic mass is 10.1. The molecule has 0 radical (unpaired) electrons. The number of hydrogen-bond acceptors (Lipinski definition) is 4. The highest BCUT2D eigenvalue weighted by molar-refractivity contribution is 6.10. The Bertz CT molecular complexity index is 802. The Hall–Kier alpha value is -3.26. The summed E-state index contributed by atoms with van der Waals surface area (Å²) < 4.78 is 10.3. The van der Waals surface area contributed by atoms with Gasteiger partial charge in [-0.05, 0) is 48.4 Å². The maximum absolute atomic E-state index is 12.3. The highest BCUT2D eigenvalue weighted by Gasteiger charge is 2.12. The molecule has 0 saturated heterocycles. The molecule has 2 aromatic rings. The van der Waals surface area contributed by atoms with Crippen LogP contribution in [0.5, 0.6) is 11.5 Å². The van der Waals surface area contributed by atoms with E-state index in [0.717, 1.165) is 11.1 Å². The van der Waals surface area contributed by atoms with Crippen LogP contribution in [0, 0.1) is 18.3 Å². The van der Waals surface area contributed by atoms with Gasteiger partial charge in [0.25, 0.3) is 5.91 Å². The van der Waals surface area contributed by atoms with E-state index in [2.05, 4.69) is 5.32 Å². The molecule has 0 saturated carbocycles. The molecule has 0 bridgehead atoms. The smallest absolute Gasteiger partial charge is 0.266 e. The van der Waals surface area contributed by atoms with Crippen molar-refractivity contribution in [3.63, 3.8) is 0 Å². The van der Waals surface area contributed by atoms with Gasteiger partial charge in [0.2, 0.25) is 0 Å². The van der Waals surface area contributed by atoms with E-state index in [-0.39, 0.29) is 5.57 Å². The number of rotatable bonds is 5. The zero-order valence-electron chi connectivity index (χ0n) is 13.8. The lowest BCUT2D eigenvalue weighted by molar-refractivity contribution is -0.112. The standard InChI is InChI=1S/C19H18N2O3/c1-13-4-9-17(18(10-13)24-3)21-19(22)15(12-20)11-14-5-7-16(23-2)8-6-14/h4-11H,1-3H3,(H,21,22)/b15-11-. The molecule has 5 heteroatoms. The minimum atomic E-state index is -0.490. The van der Waals surface area contributed by atoms with Gasteiger partial charge in [-0.25, -0.2) is 0 Å². The predicted molar refractivity (Wildman–Crippen MR) is 92.9 cm³/mol. The fraction of sp³-hybridized carbons (Fsp3) is 0.158. The van der Waals surface area contributed by atoms with Gasteiger partial charge in [-0.2, -0.15) is 5.26 Å². The van der Waals surface area contributed by atoms with E-state index < -0.39 is 5.91 Å². The van der Waals surface area contributed by atoms with Crippen molar-refractivity contribution in [2.45, 2.75) is 6.92 Å². The second kappa shape index (κ2) is 7.84. The molecule has 0 aliphatic carbocycles. The Morgan fingerprint density at radius 3 is 2.42 bits per heavy atom. The van der Waals surface area contributed by atoms with Crippen LogP contribution in [0.1, 0.15) is 11.1 Å². The number of carbonyl (C=O) groups is 1. The molecule has 5 nitrogen and oxygen atoms in total. The molecule has 0 aromatic heterocycles. The minimum Gasteiger partial charge on any atom is -0.497 e. The summed E-state index contributed by atoms with van der Waals surface area (Å²) in [4.78, 5) is 12.3. The molecule has 0 unspecified atom stereocenters. The fourth-order valence-electron chi connectivity index (χ4n) is 2.11. The van der Waals surface area contributed by atoms with E-state index in [1.807, 2.05) is 25.1 Å². The molecule has 0 spiro atoms. The number of nitrogens with zero attached hydrogens (tertiary/aromatic N) is 1. The van der Waals surface area contributed by atoms with Gasteiger partial charge < -0.3 is 14.8 Å². The summed E-state index contributed by atoms with van der Waals surface area (Å²) in [6.45, 7) is 1.93. The fourth-order valence-corrected chi connectivity index (χ4v) is 2.11. The van der Waals surface area contributed by atoms with Crippen LogP contribution in [0.2, 0.25) is 0 Å². The van der Waals surface area contributed by atoms with E-state index in [0.29, 0.717) is 17.2 Å². The van der Waals surface area contributed by atoms with Crippen molar-refractivity contribution in [1.29, 1.82) is 5.26 Å². The first-order valence-electron chi connectivity index (χ1n) is 7.29. The molecule has 24 heavy (non-hydrogen) atoms. The predicted octanol–water partition coefficient (Wildman–Crippen LogP) is 3.56. The van der Waals surface area contributed by atoms with Crippen LogP contribution in [-0.4, -0.2) is 20.1 Å². The highest BCUT2D eigenvalue weighted by atomic mass is 16.5. The molecule has 2 aromatic carbocycles. The molecular formula is C19H18N2O3. The number of hydrogen-bond donors (Lipinski definition) is 1. The number of benzene rings is 2. The average Bonchev–Trinajstić information content (AvgIpc) is 2.61. The number of carbonyl (C=O) groups excluding carboxylic acids is 1. The number of ether oxygens (including phenoxy) is 2. The highest BCUT2D eigenvalue weighted by Crippen LogP contribution is 2.26. The zero-order chi connectivity index (χ0) is 17.5. The molecule has 0 aliphatic heterocycles. The summed E-state index contributed by atoms with van der Waals surface area (Å²) in [7, 11) is 3.11. The first-order chi connectivity index (χ1) is 11.6. The van der Waals surface area contributed by atoms with Crippen molar-refractivity contribution in [1.82, 2.24) is 0 Å². The maximum Gasteiger partial charge on any atom is 0.266 e. The number of amides is 1. The van der Waals surface area contributed by atoms with Crippen molar-refractivity contribution in [2.75, 3.05) is 19.5 Å². The zero-order valence-corrected chi connectivity index (χ0v) is 13.8. The first-order valence-corrected chi connectivity index (χ1v) is 7.29. The molecular weight excluding hydrogens is 304 g/mol. The van der Waals surface area contributed by atoms with Crippen molar-refractivity contribution >= 4 is 17.7 Å². The van der Waals surface area contributed by atoms with Gasteiger partial charge in [0.1, 0.15) is 23.1 Å². The minimum absolute atomic E-state index is 0.00259. The summed E-state index contributed by atoms with van der Waals surface area (Å²) in [5, 5.41) is 12.0.